The summed E-state index contributed by atoms with van der Waals surface area (Å²) in [6.07, 6.45) is 4.04. The van der Waals surface area contributed by atoms with Crippen molar-refractivity contribution in [1.29, 1.82) is 5.26 Å². The van der Waals surface area contributed by atoms with Gasteiger partial charge in [-0.2, -0.15) is 5.26 Å². The molecule has 0 radical (unpaired) electrons. The Kier molecular flexibility index (Phi) is 11.1. The SMILES string of the molecule is COC(=O)N[C@H](C(=O)N1[C@@H]2C[C@@H]2C[C@H]1c1ncc(-c2ccc(-c3ccc(-c4[nH]c([C@@H]5CC6CC6N5C(=O)[C@@H](NC(OC)OC)C(C)C)nc4C#N)cc3)cc2)[nH]1)C(C)C. The lowest BCUT2D eigenvalue weighted by Gasteiger charge is -2.33. The fourth-order valence-electron chi connectivity index (χ4n) is 9.15. The highest BCUT2D eigenvalue weighted by Crippen LogP contribution is 2.54. The van der Waals surface area contributed by atoms with Crippen LogP contribution in [0.25, 0.3) is 33.6 Å². The Balaban J connectivity index is 0.959. The van der Waals surface area contributed by atoms with E-state index in [9.17, 15) is 19.6 Å². The first-order valence-electron chi connectivity index (χ1n) is 20.5. The van der Waals surface area contributed by atoms with Gasteiger partial charge in [-0.3, -0.25) is 14.9 Å². The average molecular weight is 804 g/mol. The molecule has 2 aromatic heterocycles. The Morgan fingerprint density at radius 1 is 0.746 bits per heavy atom. The van der Waals surface area contributed by atoms with Gasteiger partial charge in [0.25, 0.3) is 0 Å². The second-order valence-corrected chi connectivity index (χ2v) is 17.0. The van der Waals surface area contributed by atoms with Gasteiger partial charge in [-0.05, 0) is 66.0 Å². The summed E-state index contributed by atoms with van der Waals surface area (Å²) in [6, 6.07) is 17.1. The number of hydrogen-bond acceptors (Lipinski definition) is 10. The van der Waals surface area contributed by atoms with Gasteiger partial charge in [0.05, 0.1) is 42.8 Å². The summed E-state index contributed by atoms with van der Waals surface area (Å²) in [5.74, 6) is 1.96. The van der Waals surface area contributed by atoms with Crippen LogP contribution in [0.1, 0.15) is 82.8 Å². The molecule has 15 heteroatoms. The van der Waals surface area contributed by atoms with Gasteiger partial charge in [-0.1, -0.05) is 76.2 Å². The molecule has 4 aliphatic rings. The minimum absolute atomic E-state index is 0.0106. The molecule has 15 nitrogen and oxygen atoms in total. The van der Waals surface area contributed by atoms with Crippen molar-refractivity contribution >= 4 is 17.9 Å². The Morgan fingerprint density at radius 2 is 1.27 bits per heavy atom. The van der Waals surface area contributed by atoms with Crippen molar-refractivity contribution in [3.05, 3.63) is 72.1 Å². The number of H-pyrrole nitrogens is 2. The zero-order valence-corrected chi connectivity index (χ0v) is 34.6. The third-order valence-electron chi connectivity index (χ3n) is 12.5. The molecule has 0 spiro atoms. The van der Waals surface area contributed by atoms with Gasteiger partial charge < -0.3 is 39.3 Å². The molecule has 8 atom stereocenters. The number of nitrogens with one attached hydrogen (secondary N) is 4. The van der Waals surface area contributed by atoms with Crippen molar-refractivity contribution in [2.24, 2.45) is 23.7 Å². The third kappa shape index (κ3) is 7.72. The highest BCUT2D eigenvalue weighted by molar-refractivity contribution is 5.87. The number of likely N-dealkylation sites (tertiary alicyclic amines) is 2. The molecular weight excluding hydrogens is 751 g/mol. The molecule has 2 unspecified atom stereocenters. The number of rotatable bonds is 14. The van der Waals surface area contributed by atoms with Crippen molar-refractivity contribution in [2.45, 2.75) is 96.0 Å². The maximum absolute atomic E-state index is 14.1. The molecule has 2 aliphatic carbocycles. The van der Waals surface area contributed by atoms with Crippen LogP contribution in [-0.2, 0) is 23.8 Å². The predicted molar refractivity (Wildman–Crippen MR) is 218 cm³/mol. The number of nitrogens with zero attached hydrogens (tertiary/aromatic N) is 5. The molecule has 3 amide bonds. The Bertz CT molecular complexity index is 2220. The fourth-order valence-corrected chi connectivity index (χ4v) is 9.15. The van der Waals surface area contributed by atoms with Crippen molar-refractivity contribution < 1.29 is 28.6 Å². The maximum Gasteiger partial charge on any atom is 0.407 e. The monoisotopic (exact) mass is 803 g/mol. The number of methoxy groups -OCH3 is 3. The lowest BCUT2D eigenvalue weighted by Crippen LogP contribution is -2.54. The second-order valence-electron chi connectivity index (χ2n) is 17.0. The first kappa shape index (κ1) is 40.2. The van der Waals surface area contributed by atoms with Crippen molar-refractivity contribution in [3.8, 4) is 39.7 Å². The Morgan fingerprint density at radius 3 is 1.80 bits per heavy atom. The highest BCUT2D eigenvalue weighted by atomic mass is 16.7. The van der Waals surface area contributed by atoms with E-state index in [4.69, 9.17) is 24.2 Å². The minimum Gasteiger partial charge on any atom is -0.453 e. The zero-order valence-electron chi connectivity index (χ0n) is 34.6. The van der Waals surface area contributed by atoms with Crippen LogP contribution in [0.3, 0.4) is 0 Å². The van der Waals surface area contributed by atoms with Gasteiger partial charge in [-0.25, -0.2) is 14.8 Å². The summed E-state index contributed by atoms with van der Waals surface area (Å²) >= 11 is 0. The van der Waals surface area contributed by atoms with Gasteiger partial charge in [0.15, 0.2) is 5.69 Å². The summed E-state index contributed by atoms with van der Waals surface area (Å²) < 4.78 is 15.5. The molecule has 2 aliphatic heterocycles. The molecule has 4 aromatic rings. The number of piperidine rings is 2. The van der Waals surface area contributed by atoms with Crippen LogP contribution in [-0.4, -0.2) is 99.6 Å². The van der Waals surface area contributed by atoms with Crippen LogP contribution in [0.2, 0.25) is 0 Å². The van der Waals surface area contributed by atoms with Gasteiger partial charge in [-0.15, -0.1) is 0 Å². The van der Waals surface area contributed by atoms with Crippen LogP contribution < -0.4 is 10.6 Å². The van der Waals surface area contributed by atoms with Crippen molar-refractivity contribution in [1.82, 2.24) is 40.4 Å². The summed E-state index contributed by atoms with van der Waals surface area (Å²) in [7, 11) is 4.36. The summed E-state index contributed by atoms with van der Waals surface area (Å²) in [5, 5.41) is 16.1. The molecule has 4 heterocycles. The quantitative estimate of drug-likeness (QED) is 0.112. The van der Waals surface area contributed by atoms with Crippen LogP contribution in [0, 0.1) is 35.0 Å². The molecule has 8 rings (SSSR count). The van der Waals surface area contributed by atoms with E-state index in [1.165, 1.54) is 21.3 Å². The maximum atomic E-state index is 14.1. The van der Waals surface area contributed by atoms with Crippen LogP contribution >= 0.6 is 0 Å². The van der Waals surface area contributed by atoms with E-state index < -0.39 is 24.6 Å². The topological polar surface area (TPSA) is 191 Å². The lowest BCUT2D eigenvalue weighted by atomic mass is 10.0. The van der Waals surface area contributed by atoms with Crippen LogP contribution in [0.4, 0.5) is 4.79 Å². The molecule has 2 saturated carbocycles. The molecule has 0 bridgehead atoms. The van der Waals surface area contributed by atoms with Crippen molar-refractivity contribution in [3.63, 3.8) is 0 Å². The number of hydrogen-bond donors (Lipinski definition) is 4. The van der Waals surface area contributed by atoms with E-state index in [1.807, 2.05) is 80.1 Å². The number of alkyl carbamates (subject to hydrolysis) is 1. The van der Waals surface area contributed by atoms with Gasteiger partial charge in [0.2, 0.25) is 18.2 Å². The van der Waals surface area contributed by atoms with E-state index in [-0.39, 0.29) is 47.8 Å². The van der Waals surface area contributed by atoms with Crippen molar-refractivity contribution in [2.75, 3.05) is 21.3 Å². The number of benzene rings is 2. The summed E-state index contributed by atoms with van der Waals surface area (Å²) in [5.41, 5.74) is 5.60. The van der Waals surface area contributed by atoms with Crippen LogP contribution in [0.5, 0.6) is 0 Å². The Hall–Kier alpha value is -5.56. The molecule has 4 fully saturated rings. The number of carbonyl (C=O) groups is 3. The van der Waals surface area contributed by atoms with Gasteiger partial charge in [0.1, 0.15) is 23.8 Å². The number of amides is 3. The first-order chi connectivity index (χ1) is 28.4. The molecule has 310 valence electrons. The number of aromatic nitrogens is 4. The zero-order chi connectivity index (χ0) is 41.7. The normalized spacial score (nSPS) is 23.9. The molecule has 2 aromatic carbocycles. The molecule has 4 N–H and O–H groups in total. The minimum atomic E-state index is -0.713. The Labute approximate surface area is 344 Å². The van der Waals surface area contributed by atoms with E-state index in [1.54, 1.807) is 0 Å². The number of aromatic amines is 2. The number of fused-ring (bicyclic) bond motifs is 2. The molecular formula is C44H53N9O6. The standard InChI is InChI=1S/C44H53N9O6/c1-22(2)36(50-43(56)57-5)41(54)52-32-16-28(32)18-34(52)39-46-21-31(48-39)26-12-8-24(9-13-26)25-10-14-27(15-11-25)38-30(20-45)47-40(49-38)35-19-29-17-33(29)53(35)42(55)37(23(3)4)51-44(58-6)59-7/h8-15,21-23,28-29,32-37,44,51H,16-19H2,1-7H3,(H,46,48)(H,47,49)(H,50,56)/t28-,29?,32-,33?,34+,35+,36+,37+/m1/s1. The average Bonchev–Trinajstić information content (AvgIpc) is 3.86. The molecule has 59 heavy (non-hydrogen) atoms. The summed E-state index contributed by atoms with van der Waals surface area (Å²) in [6.45, 7) is 7.82. The highest BCUT2D eigenvalue weighted by Gasteiger charge is 2.57. The van der Waals surface area contributed by atoms with Crippen LogP contribution in [0.15, 0.2) is 54.7 Å². The second kappa shape index (κ2) is 16.2. The predicted octanol–water partition coefficient (Wildman–Crippen LogP) is 5.90. The summed E-state index contributed by atoms with van der Waals surface area (Å²) in [4.78, 5) is 60.2. The molecule has 2 saturated heterocycles. The number of ether oxygens (including phenoxy) is 3. The van der Waals surface area contributed by atoms with Gasteiger partial charge >= 0.3 is 6.09 Å². The van der Waals surface area contributed by atoms with Gasteiger partial charge in [0, 0.05) is 31.9 Å². The third-order valence-corrected chi connectivity index (χ3v) is 12.5. The van der Waals surface area contributed by atoms with E-state index in [0.717, 1.165) is 59.5 Å². The van der Waals surface area contributed by atoms with E-state index >= 15 is 0 Å². The fraction of sp³-hybridized carbons (Fsp3) is 0.500. The number of carbonyl (C=O) groups excluding carboxylic acids is 3. The van der Waals surface area contributed by atoms with E-state index in [2.05, 4.69) is 38.8 Å². The van der Waals surface area contributed by atoms with E-state index in [0.29, 0.717) is 29.0 Å². The number of imidazole rings is 2. The smallest absolute Gasteiger partial charge is 0.407 e. The number of nitriles is 1. The largest absolute Gasteiger partial charge is 0.453 e. The first-order valence-corrected chi connectivity index (χ1v) is 20.5. The lowest BCUT2D eigenvalue weighted by molar-refractivity contribution is -0.152.